The van der Waals surface area contributed by atoms with Gasteiger partial charge in [0, 0.05) is 5.56 Å². The number of nitrogens with one attached hydrogen (secondary N) is 2. The molecule has 0 radical (unpaired) electrons. The van der Waals surface area contributed by atoms with E-state index in [0.29, 0.717) is 17.4 Å². The van der Waals surface area contributed by atoms with E-state index in [1.54, 1.807) is 29.2 Å². The minimum Gasteiger partial charge on any atom is -0.456 e. The van der Waals surface area contributed by atoms with Crippen LogP contribution in [0, 0.1) is 5.82 Å². The molecule has 0 saturated heterocycles. The van der Waals surface area contributed by atoms with E-state index in [1.807, 2.05) is 0 Å². The van der Waals surface area contributed by atoms with Crippen molar-refractivity contribution in [3.63, 3.8) is 0 Å². The molecule has 0 aliphatic carbocycles. The molecule has 2 aromatic carbocycles. The molecule has 1 aliphatic rings. The maximum atomic E-state index is 14.5. The number of H-pyrrole nitrogens is 1. The lowest BCUT2D eigenvalue weighted by molar-refractivity contribution is -0.141. The summed E-state index contributed by atoms with van der Waals surface area (Å²) < 4.78 is 58.3. The van der Waals surface area contributed by atoms with Crippen LogP contribution in [-0.4, -0.2) is 10.9 Å². The number of para-hydroxylation sites is 1. The molecule has 1 aromatic heterocycles. The summed E-state index contributed by atoms with van der Waals surface area (Å²) in [5, 5.41) is 2.53. The Labute approximate surface area is 161 Å². The topological polar surface area (TPSA) is 71.2 Å². The highest BCUT2D eigenvalue weighted by atomic mass is 19.4. The number of ether oxygens (including phenoxy) is 1. The first-order chi connectivity index (χ1) is 13.8. The van der Waals surface area contributed by atoms with Crippen molar-refractivity contribution in [2.24, 2.45) is 0 Å². The van der Waals surface area contributed by atoms with Gasteiger partial charge < -0.3 is 15.0 Å². The van der Waals surface area contributed by atoms with Gasteiger partial charge in [0.05, 0.1) is 11.6 Å². The zero-order valence-electron chi connectivity index (χ0n) is 14.5. The predicted molar refractivity (Wildman–Crippen MR) is 94.3 cm³/mol. The number of fused-ring (bicyclic) bond motifs is 2. The van der Waals surface area contributed by atoms with Crippen LogP contribution in [0.2, 0.25) is 0 Å². The molecule has 0 saturated carbocycles. The third-order valence-electron chi connectivity index (χ3n) is 4.49. The lowest BCUT2D eigenvalue weighted by Crippen LogP contribution is -2.35. The number of carbonyl (C=O) groups excluding carboxylic acids is 1. The molecule has 4 rings (SSSR count). The molecule has 0 fully saturated rings. The average molecular weight is 404 g/mol. The summed E-state index contributed by atoms with van der Waals surface area (Å²) in [5.74, 6) is -1.01. The minimum atomic E-state index is -4.75. The van der Waals surface area contributed by atoms with Crippen molar-refractivity contribution in [2.75, 3.05) is 0 Å². The summed E-state index contributed by atoms with van der Waals surface area (Å²) in [6, 6.07) is 11.2. The summed E-state index contributed by atoms with van der Waals surface area (Å²) >= 11 is 0. The summed E-state index contributed by atoms with van der Waals surface area (Å²) in [4.78, 5) is 26.3. The zero-order valence-corrected chi connectivity index (χ0v) is 14.5. The fourth-order valence-corrected chi connectivity index (χ4v) is 3.15. The average Bonchev–Trinajstić information content (AvgIpc) is 2.67. The van der Waals surface area contributed by atoms with Gasteiger partial charge in [-0.25, -0.2) is 4.39 Å². The van der Waals surface area contributed by atoms with Crippen LogP contribution in [-0.2, 0) is 6.18 Å². The summed E-state index contributed by atoms with van der Waals surface area (Å²) in [5.41, 5.74) is -2.50. The third-order valence-corrected chi connectivity index (χ3v) is 4.49. The predicted octanol–water partition coefficient (Wildman–Crippen LogP) is 4.16. The van der Waals surface area contributed by atoms with Crippen molar-refractivity contribution in [2.45, 2.75) is 12.2 Å². The molecule has 29 heavy (non-hydrogen) atoms. The summed E-state index contributed by atoms with van der Waals surface area (Å²) in [7, 11) is 0. The van der Waals surface area contributed by atoms with E-state index in [-0.39, 0.29) is 11.3 Å². The quantitative estimate of drug-likeness (QED) is 0.631. The lowest BCUT2D eigenvalue weighted by atomic mass is 9.93. The monoisotopic (exact) mass is 404 g/mol. The molecule has 148 valence electrons. The van der Waals surface area contributed by atoms with Crippen LogP contribution in [0.15, 0.2) is 59.4 Å². The molecular weight excluding hydrogens is 392 g/mol. The van der Waals surface area contributed by atoms with Crippen LogP contribution >= 0.6 is 0 Å². The van der Waals surface area contributed by atoms with Crippen LogP contribution in [0.1, 0.15) is 33.2 Å². The van der Waals surface area contributed by atoms with Gasteiger partial charge in [-0.1, -0.05) is 24.3 Å². The Morgan fingerprint density at radius 1 is 1.00 bits per heavy atom. The molecule has 5 nitrogen and oxygen atoms in total. The fraction of sp³-hybridized carbons (Fsp3) is 0.100. The van der Waals surface area contributed by atoms with E-state index in [1.165, 1.54) is 18.2 Å². The van der Waals surface area contributed by atoms with Crippen molar-refractivity contribution in [1.29, 1.82) is 0 Å². The smallest absolute Gasteiger partial charge is 0.431 e. The molecule has 9 heteroatoms. The van der Waals surface area contributed by atoms with Gasteiger partial charge in [-0.05, 0) is 30.3 Å². The lowest BCUT2D eigenvalue weighted by Gasteiger charge is -2.29. The van der Waals surface area contributed by atoms with Crippen LogP contribution in [0.4, 0.5) is 17.6 Å². The number of aromatic nitrogens is 1. The number of carbonyl (C=O) groups is 1. The van der Waals surface area contributed by atoms with Crippen LogP contribution in [0.3, 0.4) is 0 Å². The highest BCUT2D eigenvalue weighted by Gasteiger charge is 2.34. The molecule has 3 aromatic rings. The highest BCUT2D eigenvalue weighted by molar-refractivity contribution is 5.94. The summed E-state index contributed by atoms with van der Waals surface area (Å²) in [6.07, 6.45) is -4.75. The van der Waals surface area contributed by atoms with Crippen molar-refractivity contribution in [1.82, 2.24) is 10.3 Å². The maximum Gasteiger partial charge on any atom is 0.431 e. The number of benzene rings is 2. The van der Waals surface area contributed by atoms with E-state index in [2.05, 4.69) is 5.32 Å². The van der Waals surface area contributed by atoms with E-state index in [4.69, 9.17) is 4.74 Å². The Balaban J connectivity index is 1.74. The number of pyridine rings is 1. The van der Waals surface area contributed by atoms with Gasteiger partial charge in [-0.2, -0.15) is 13.2 Å². The van der Waals surface area contributed by atoms with Gasteiger partial charge in [-0.3, -0.25) is 9.59 Å². The maximum absolute atomic E-state index is 14.5. The molecule has 0 bridgehead atoms. The molecule has 2 N–H and O–H groups in total. The van der Waals surface area contributed by atoms with E-state index in [9.17, 15) is 27.2 Å². The van der Waals surface area contributed by atoms with Crippen LogP contribution in [0.25, 0.3) is 0 Å². The molecule has 1 amide bonds. The number of amides is 1. The largest absolute Gasteiger partial charge is 0.456 e. The molecule has 1 unspecified atom stereocenters. The van der Waals surface area contributed by atoms with Gasteiger partial charge in [0.1, 0.15) is 28.6 Å². The molecule has 0 spiro atoms. The second kappa shape index (κ2) is 6.77. The van der Waals surface area contributed by atoms with Crippen LogP contribution < -0.4 is 15.6 Å². The number of halogens is 4. The van der Waals surface area contributed by atoms with E-state index >= 15 is 0 Å². The van der Waals surface area contributed by atoms with Crippen molar-refractivity contribution < 1.29 is 27.1 Å². The standard InChI is InChI=1S/C20H12F4N2O3/c21-12-5-3-7-14-16(12)17(10-4-1-2-6-13(10)29-14)26-19(28)11-8-9-15(20(22,23)24)25-18(11)27/h1-9,17H,(H,25,27)(H,26,28). The Hall–Kier alpha value is -3.62. The number of aromatic amines is 1. The Morgan fingerprint density at radius 3 is 2.45 bits per heavy atom. The van der Waals surface area contributed by atoms with Gasteiger partial charge in [-0.15, -0.1) is 0 Å². The van der Waals surface area contributed by atoms with Gasteiger partial charge >= 0.3 is 6.18 Å². The van der Waals surface area contributed by atoms with E-state index < -0.39 is 40.8 Å². The third kappa shape index (κ3) is 3.35. The van der Waals surface area contributed by atoms with Gasteiger partial charge in [0.15, 0.2) is 0 Å². The normalized spacial score (nSPS) is 15.1. The van der Waals surface area contributed by atoms with Crippen molar-refractivity contribution in [3.8, 4) is 11.5 Å². The first-order valence-corrected chi connectivity index (χ1v) is 8.42. The number of hydrogen-bond donors (Lipinski definition) is 2. The molecule has 1 aliphatic heterocycles. The SMILES string of the molecule is O=C(NC1c2ccccc2Oc2cccc(F)c21)c1ccc(C(F)(F)F)[nH]c1=O. The first kappa shape index (κ1) is 18.7. The second-order valence-electron chi connectivity index (χ2n) is 6.31. The van der Waals surface area contributed by atoms with Crippen molar-refractivity contribution >= 4 is 5.91 Å². The molecule has 1 atom stereocenters. The fourth-order valence-electron chi connectivity index (χ4n) is 3.15. The number of rotatable bonds is 2. The Morgan fingerprint density at radius 2 is 1.72 bits per heavy atom. The van der Waals surface area contributed by atoms with Gasteiger partial charge in [0.2, 0.25) is 0 Å². The second-order valence-corrected chi connectivity index (χ2v) is 6.31. The number of alkyl halides is 3. The zero-order chi connectivity index (χ0) is 20.8. The molecular formula is C20H12F4N2O3. The minimum absolute atomic E-state index is 0.0582. The van der Waals surface area contributed by atoms with Gasteiger partial charge in [0.25, 0.3) is 11.5 Å². The first-order valence-electron chi connectivity index (χ1n) is 8.42. The Bertz CT molecular complexity index is 1170. The summed E-state index contributed by atoms with van der Waals surface area (Å²) in [6.45, 7) is 0. The Kier molecular flexibility index (Phi) is 4.37. The number of hydrogen-bond acceptors (Lipinski definition) is 3. The highest BCUT2D eigenvalue weighted by Crippen LogP contribution is 2.43. The van der Waals surface area contributed by atoms with Crippen molar-refractivity contribution in [3.05, 3.63) is 93.2 Å². The van der Waals surface area contributed by atoms with Crippen LogP contribution in [0.5, 0.6) is 11.5 Å². The van der Waals surface area contributed by atoms with E-state index in [0.717, 1.165) is 6.07 Å². The molecule has 2 heterocycles.